The summed E-state index contributed by atoms with van der Waals surface area (Å²) in [5.74, 6) is -0.273. The molecule has 0 spiro atoms. The Morgan fingerprint density at radius 2 is 1.45 bits per heavy atom. The minimum absolute atomic E-state index is 0.141. The second kappa shape index (κ2) is 11.6. The molecule has 194 valence electrons. The molecule has 5 heteroatoms. The molecule has 0 aliphatic carbocycles. The van der Waals surface area contributed by atoms with Crippen molar-refractivity contribution in [2.45, 2.75) is 31.5 Å². The molecule has 0 amide bonds. The lowest BCUT2D eigenvalue weighted by Crippen LogP contribution is -2.52. The van der Waals surface area contributed by atoms with Crippen LogP contribution >= 0.6 is 0 Å². The minimum Gasteiger partial charge on any atom is -0.465 e. The number of ether oxygens (including phenoxy) is 1. The van der Waals surface area contributed by atoms with Crippen LogP contribution in [0.2, 0.25) is 0 Å². The number of aliphatic hydroxyl groups is 1. The number of carbonyl (C=O) groups excluding carboxylic acids is 1. The molecule has 38 heavy (non-hydrogen) atoms. The van der Waals surface area contributed by atoms with Crippen molar-refractivity contribution in [3.63, 3.8) is 0 Å². The van der Waals surface area contributed by atoms with Crippen LogP contribution in [0.5, 0.6) is 0 Å². The third kappa shape index (κ3) is 5.08. The Balaban J connectivity index is 1.61. The van der Waals surface area contributed by atoms with Gasteiger partial charge in [-0.15, -0.1) is 0 Å². The molecule has 5 rings (SSSR count). The van der Waals surface area contributed by atoms with Gasteiger partial charge in [-0.2, -0.15) is 0 Å². The highest BCUT2D eigenvalue weighted by Gasteiger charge is 2.44. The van der Waals surface area contributed by atoms with E-state index >= 15 is 0 Å². The molecule has 4 aromatic rings. The lowest BCUT2D eigenvalue weighted by Gasteiger charge is -2.48. The normalized spacial score (nSPS) is 17.4. The van der Waals surface area contributed by atoms with Crippen LogP contribution in [0.15, 0.2) is 115 Å². The van der Waals surface area contributed by atoms with Crippen molar-refractivity contribution in [2.75, 3.05) is 19.7 Å². The van der Waals surface area contributed by atoms with Gasteiger partial charge >= 0.3 is 5.97 Å². The van der Waals surface area contributed by atoms with Crippen molar-refractivity contribution in [1.82, 2.24) is 9.47 Å². The lowest BCUT2D eigenvalue weighted by molar-refractivity contribution is -0.143. The van der Waals surface area contributed by atoms with Crippen LogP contribution in [0.4, 0.5) is 0 Å². The van der Waals surface area contributed by atoms with E-state index in [-0.39, 0.29) is 12.5 Å². The van der Waals surface area contributed by atoms with Crippen LogP contribution in [0.1, 0.15) is 35.7 Å². The second-order valence-corrected chi connectivity index (χ2v) is 9.62. The molecule has 0 radical (unpaired) electrons. The molecule has 2 heterocycles. The van der Waals surface area contributed by atoms with E-state index in [4.69, 9.17) is 4.74 Å². The summed E-state index contributed by atoms with van der Waals surface area (Å²) in [5, 5.41) is 11.1. The van der Waals surface area contributed by atoms with Crippen molar-refractivity contribution in [3.05, 3.63) is 137 Å². The number of aromatic nitrogens is 1. The van der Waals surface area contributed by atoms with Gasteiger partial charge in [-0.05, 0) is 53.8 Å². The van der Waals surface area contributed by atoms with Crippen molar-refractivity contribution in [2.24, 2.45) is 0 Å². The number of benzene rings is 3. The highest BCUT2D eigenvalue weighted by molar-refractivity contribution is 5.70. The molecule has 1 saturated heterocycles. The molecule has 1 aromatic heterocycles. The molecule has 1 N–H and O–H groups in total. The number of aliphatic hydroxyl groups excluding tert-OH is 1. The summed E-state index contributed by atoms with van der Waals surface area (Å²) < 4.78 is 7.02. The summed E-state index contributed by atoms with van der Waals surface area (Å²) in [6.07, 6.45) is 3.95. The average Bonchev–Trinajstić information content (AvgIpc) is 3.39. The molecular weight excluding hydrogens is 472 g/mol. The van der Waals surface area contributed by atoms with E-state index in [2.05, 4.69) is 77.7 Å². The number of carbonyl (C=O) groups is 1. The summed E-state index contributed by atoms with van der Waals surface area (Å²) in [4.78, 5) is 14.6. The molecule has 1 unspecified atom stereocenters. The molecular formula is C33H34N2O3. The van der Waals surface area contributed by atoms with Crippen molar-refractivity contribution >= 4 is 12.0 Å². The van der Waals surface area contributed by atoms with Crippen LogP contribution in [0, 0.1) is 0 Å². The quantitative estimate of drug-likeness (QED) is 0.254. The third-order valence-electron chi connectivity index (χ3n) is 7.33. The first kappa shape index (κ1) is 25.7. The Bertz CT molecular complexity index is 1270. The molecule has 1 aliphatic heterocycles. The zero-order valence-electron chi connectivity index (χ0n) is 21.7. The smallest absolute Gasteiger partial charge is 0.325 e. The SMILES string of the molecule is CCOC(=O)Cn1cccc1/C=C1/CN(C(c2ccccc2)(c2ccccc2)c2ccccc2)CCC1O. The second-order valence-electron chi connectivity index (χ2n) is 9.62. The first-order chi connectivity index (χ1) is 18.6. The monoisotopic (exact) mass is 506 g/mol. The van der Waals surface area contributed by atoms with E-state index in [1.807, 2.05) is 54.1 Å². The molecule has 0 bridgehead atoms. The van der Waals surface area contributed by atoms with E-state index in [0.717, 1.165) is 17.8 Å². The van der Waals surface area contributed by atoms with Crippen LogP contribution in [0.3, 0.4) is 0 Å². The van der Waals surface area contributed by atoms with E-state index in [1.165, 1.54) is 16.7 Å². The number of likely N-dealkylation sites (tertiary alicyclic amines) is 1. The van der Waals surface area contributed by atoms with E-state index in [0.29, 0.717) is 19.6 Å². The van der Waals surface area contributed by atoms with Gasteiger partial charge in [-0.3, -0.25) is 9.69 Å². The standard InChI is InChI=1S/C33H34N2O3/c1-2-38-32(37)25-34-21-12-19-30(34)23-26-24-35(22-20-31(26)36)33(27-13-6-3-7-14-27,28-15-8-4-9-16-28)29-17-10-5-11-18-29/h3-19,21,23,31,36H,2,20,22,24-25H2,1H3/b26-23-. The lowest BCUT2D eigenvalue weighted by atomic mass is 9.74. The summed E-state index contributed by atoms with van der Waals surface area (Å²) in [7, 11) is 0. The van der Waals surface area contributed by atoms with Gasteiger partial charge < -0.3 is 14.4 Å². The fourth-order valence-electron chi connectivity index (χ4n) is 5.62. The minimum atomic E-state index is -0.558. The van der Waals surface area contributed by atoms with Crippen molar-refractivity contribution < 1.29 is 14.6 Å². The van der Waals surface area contributed by atoms with Gasteiger partial charge in [0.2, 0.25) is 0 Å². The molecule has 5 nitrogen and oxygen atoms in total. The highest BCUT2D eigenvalue weighted by Crippen LogP contribution is 2.44. The molecule has 1 fully saturated rings. The third-order valence-corrected chi connectivity index (χ3v) is 7.33. The number of esters is 1. The van der Waals surface area contributed by atoms with Gasteiger partial charge in [0.05, 0.1) is 18.2 Å². The predicted molar refractivity (Wildman–Crippen MR) is 150 cm³/mol. The fourth-order valence-corrected chi connectivity index (χ4v) is 5.62. The summed E-state index contributed by atoms with van der Waals surface area (Å²) in [5.41, 5.74) is 4.79. The first-order valence-corrected chi connectivity index (χ1v) is 13.2. The maximum Gasteiger partial charge on any atom is 0.325 e. The van der Waals surface area contributed by atoms with Gasteiger partial charge in [0, 0.05) is 25.0 Å². The first-order valence-electron chi connectivity index (χ1n) is 13.2. The molecule has 1 aliphatic rings. The largest absolute Gasteiger partial charge is 0.465 e. The van der Waals surface area contributed by atoms with Gasteiger partial charge in [0.1, 0.15) is 6.54 Å². The van der Waals surface area contributed by atoms with E-state index in [1.54, 1.807) is 0 Å². The van der Waals surface area contributed by atoms with Crippen molar-refractivity contribution in [1.29, 1.82) is 0 Å². The average molecular weight is 507 g/mol. The molecule has 0 saturated carbocycles. The van der Waals surface area contributed by atoms with Crippen molar-refractivity contribution in [3.8, 4) is 0 Å². The number of hydrogen-bond acceptors (Lipinski definition) is 4. The van der Waals surface area contributed by atoms with E-state index in [9.17, 15) is 9.90 Å². The Kier molecular flexibility index (Phi) is 7.87. The Labute approximate surface area is 224 Å². The molecule has 3 aromatic carbocycles. The summed E-state index contributed by atoms with van der Waals surface area (Å²) >= 11 is 0. The van der Waals surface area contributed by atoms with E-state index < -0.39 is 11.6 Å². The number of piperidine rings is 1. The Hall–Kier alpha value is -3.93. The summed E-state index contributed by atoms with van der Waals surface area (Å²) in [6, 6.07) is 35.7. The van der Waals surface area contributed by atoms with Crippen LogP contribution in [0.25, 0.3) is 6.08 Å². The van der Waals surface area contributed by atoms with Crippen LogP contribution in [-0.2, 0) is 21.6 Å². The number of nitrogens with zero attached hydrogens (tertiary/aromatic N) is 2. The maximum atomic E-state index is 12.2. The highest BCUT2D eigenvalue weighted by atomic mass is 16.5. The van der Waals surface area contributed by atoms with Gasteiger partial charge in [0.25, 0.3) is 0 Å². The van der Waals surface area contributed by atoms with Gasteiger partial charge in [-0.25, -0.2) is 0 Å². The zero-order chi connectivity index (χ0) is 26.4. The number of rotatable bonds is 8. The fraction of sp³-hybridized carbons (Fsp3) is 0.242. The Morgan fingerprint density at radius 1 is 0.895 bits per heavy atom. The number of hydrogen-bond donors (Lipinski definition) is 1. The summed E-state index contributed by atoms with van der Waals surface area (Å²) in [6.45, 7) is 3.60. The molecule has 1 atom stereocenters. The topological polar surface area (TPSA) is 54.7 Å². The van der Waals surface area contributed by atoms with Gasteiger partial charge in [-0.1, -0.05) is 91.0 Å². The zero-order valence-corrected chi connectivity index (χ0v) is 21.7. The van der Waals surface area contributed by atoms with Gasteiger partial charge in [0.15, 0.2) is 0 Å². The van der Waals surface area contributed by atoms with Crippen LogP contribution in [-0.4, -0.2) is 46.3 Å². The maximum absolute atomic E-state index is 12.2. The predicted octanol–water partition coefficient (Wildman–Crippen LogP) is 5.49. The van der Waals surface area contributed by atoms with Crippen LogP contribution < -0.4 is 0 Å². The Morgan fingerprint density at radius 3 is 1.97 bits per heavy atom.